The van der Waals surface area contributed by atoms with Crippen LogP contribution < -0.4 is 5.32 Å². The standard InChI is InChI=1S/C17H25BrN2O/c1-3-14-6-4-5-10-20(14)11-9-17(21)19-16-8-7-13(2)12-15(16)18/h7-8,12,14H,3-6,9-11H2,1-2H3,(H,19,21). The van der Waals surface area contributed by atoms with Gasteiger partial charge < -0.3 is 5.32 Å². The van der Waals surface area contributed by atoms with Gasteiger partial charge in [0.15, 0.2) is 0 Å². The first-order valence-electron chi connectivity index (χ1n) is 7.90. The maximum atomic E-state index is 12.1. The average Bonchev–Trinajstić information content (AvgIpc) is 2.48. The molecule has 1 unspecified atom stereocenters. The minimum Gasteiger partial charge on any atom is -0.325 e. The second kappa shape index (κ2) is 7.95. The van der Waals surface area contributed by atoms with Gasteiger partial charge in [-0.3, -0.25) is 9.69 Å². The first kappa shape index (κ1) is 16.5. The Kier molecular flexibility index (Phi) is 6.24. The summed E-state index contributed by atoms with van der Waals surface area (Å²) in [6.45, 7) is 6.29. The fourth-order valence-corrected chi connectivity index (χ4v) is 3.59. The summed E-state index contributed by atoms with van der Waals surface area (Å²) >= 11 is 3.50. The summed E-state index contributed by atoms with van der Waals surface area (Å²) in [5.74, 6) is 0.0972. The van der Waals surface area contributed by atoms with Gasteiger partial charge >= 0.3 is 0 Å². The lowest BCUT2D eigenvalue weighted by Gasteiger charge is -2.35. The van der Waals surface area contributed by atoms with E-state index in [4.69, 9.17) is 0 Å². The third-order valence-corrected chi connectivity index (χ3v) is 4.90. The third kappa shape index (κ3) is 4.82. The number of likely N-dealkylation sites (tertiary alicyclic amines) is 1. The van der Waals surface area contributed by atoms with Crippen molar-refractivity contribution in [3.05, 3.63) is 28.2 Å². The van der Waals surface area contributed by atoms with Crippen LogP contribution in [0.4, 0.5) is 5.69 Å². The zero-order valence-corrected chi connectivity index (χ0v) is 14.6. The highest BCUT2D eigenvalue weighted by Gasteiger charge is 2.21. The quantitative estimate of drug-likeness (QED) is 0.854. The van der Waals surface area contributed by atoms with Gasteiger partial charge in [-0.15, -0.1) is 0 Å². The van der Waals surface area contributed by atoms with Gasteiger partial charge in [0.25, 0.3) is 0 Å². The lowest BCUT2D eigenvalue weighted by atomic mass is 10.00. The number of carbonyl (C=O) groups excluding carboxylic acids is 1. The third-order valence-electron chi connectivity index (χ3n) is 4.25. The minimum absolute atomic E-state index is 0.0972. The number of nitrogens with one attached hydrogen (secondary N) is 1. The van der Waals surface area contributed by atoms with Crippen molar-refractivity contribution in [2.24, 2.45) is 0 Å². The number of hydrogen-bond acceptors (Lipinski definition) is 2. The van der Waals surface area contributed by atoms with Gasteiger partial charge in [-0.2, -0.15) is 0 Å². The van der Waals surface area contributed by atoms with E-state index >= 15 is 0 Å². The summed E-state index contributed by atoms with van der Waals surface area (Å²) in [6.07, 6.45) is 5.63. The number of benzene rings is 1. The highest BCUT2D eigenvalue weighted by molar-refractivity contribution is 9.10. The van der Waals surface area contributed by atoms with Gasteiger partial charge in [0.1, 0.15) is 0 Å². The van der Waals surface area contributed by atoms with Gasteiger partial charge in [-0.25, -0.2) is 0 Å². The van der Waals surface area contributed by atoms with E-state index in [9.17, 15) is 4.79 Å². The molecule has 0 aromatic heterocycles. The Morgan fingerprint density at radius 3 is 2.95 bits per heavy atom. The number of carbonyl (C=O) groups is 1. The van der Waals surface area contributed by atoms with Crippen LogP contribution in [-0.2, 0) is 4.79 Å². The van der Waals surface area contributed by atoms with Gasteiger partial charge in [0.2, 0.25) is 5.91 Å². The van der Waals surface area contributed by atoms with Crippen LogP contribution in [0.1, 0.15) is 44.6 Å². The Morgan fingerprint density at radius 1 is 1.43 bits per heavy atom. The molecule has 0 aliphatic carbocycles. The van der Waals surface area contributed by atoms with Gasteiger partial charge in [0, 0.05) is 23.5 Å². The fourth-order valence-electron chi connectivity index (χ4n) is 3.00. The summed E-state index contributed by atoms with van der Waals surface area (Å²) in [7, 11) is 0. The van der Waals surface area contributed by atoms with E-state index in [1.807, 2.05) is 25.1 Å². The molecule has 1 N–H and O–H groups in total. The fraction of sp³-hybridized carbons (Fsp3) is 0.588. The Morgan fingerprint density at radius 2 is 2.24 bits per heavy atom. The molecule has 4 heteroatoms. The average molecular weight is 353 g/mol. The number of nitrogens with zero attached hydrogens (tertiary/aromatic N) is 1. The van der Waals surface area contributed by atoms with Crippen molar-refractivity contribution in [1.82, 2.24) is 4.90 Å². The molecule has 1 aliphatic heterocycles. The molecule has 1 saturated heterocycles. The number of hydrogen-bond donors (Lipinski definition) is 1. The molecule has 0 radical (unpaired) electrons. The molecule has 3 nitrogen and oxygen atoms in total. The van der Waals surface area contributed by atoms with Gasteiger partial charge in [-0.1, -0.05) is 19.4 Å². The number of amides is 1. The lowest BCUT2D eigenvalue weighted by molar-refractivity contribution is -0.116. The molecule has 1 atom stereocenters. The van der Waals surface area contributed by atoms with E-state index in [2.05, 4.69) is 33.1 Å². The monoisotopic (exact) mass is 352 g/mol. The summed E-state index contributed by atoms with van der Waals surface area (Å²) < 4.78 is 0.945. The maximum absolute atomic E-state index is 12.1. The number of rotatable bonds is 5. The van der Waals surface area contributed by atoms with Gasteiger partial charge in [-0.05, 0) is 66.4 Å². The smallest absolute Gasteiger partial charge is 0.225 e. The Bertz CT molecular complexity index is 490. The first-order valence-corrected chi connectivity index (χ1v) is 8.69. The normalized spacial score (nSPS) is 19.5. The van der Waals surface area contributed by atoms with E-state index < -0.39 is 0 Å². The van der Waals surface area contributed by atoms with Crippen molar-refractivity contribution in [2.75, 3.05) is 18.4 Å². The van der Waals surface area contributed by atoms with E-state index in [0.717, 1.165) is 23.2 Å². The number of aryl methyl sites for hydroxylation is 1. The summed E-state index contributed by atoms with van der Waals surface area (Å²) in [5, 5.41) is 3.00. The van der Waals surface area contributed by atoms with E-state index in [1.54, 1.807) is 0 Å². The molecular formula is C17H25BrN2O. The zero-order chi connectivity index (χ0) is 15.2. The van der Waals surface area contributed by atoms with Crippen LogP contribution in [-0.4, -0.2) is 29.9 Å². The molecule has 1 aliphatic rings. The molecule has 1 aromatic carbocycles. The minimum atomic E-state index is 0.0972. The van der Waals surface area contributed by atoms with Crippen LogP contribution >= 0.6 is 15.9 Å². The highest BCUT2D eigenvalue weighted by Crippen LogP contribution is 2.24. The molecule has 1 fully saturated rings. The van der Waals surface area contributed by atoms with Crippen LogP contribution in [0.5, 0.6) is 0 Å². The number of piperidine rings is 1. The number of anilines is 1. The zero-order valence-electron chi connectivity index (χ0n) is 13.0. The van der Waals surface area contributed by atoms with Crippen molar-refractivity contribution in [3.63, 3.8) is 0 Å². The van der Waals surface area contributed by atoms with E-state index in [1.165, 1.54) is 31.2 Å². The summed E-state index contributed by atoms with van der Waals surface area (Å²) in [4.78, 5) is 14.6. The second-order valence-electron chi connectivity index (χ2n) is 5.88. The van der Waals surface area contributed by atoms with Crippen molar-refractivity contribution < 1.29 is 4.79 Å². The molecule has 1 aromatic rings. The summed E-state index contributed by atoms with van der Waals surface area (Å²) in [6, 6.07) is 6.65. The predicted octanol–water partition coefficient (Wildman–Crippen LogP) is 4.35. The van der Waals surface area contributed by atoms with E-state index in [-0.39, 0.29) is 5.91 Å². The molecular weight excluding hydrogens is 328 g/mol. The Labute approximate surface area is 136 Å². The highest BCUT2D eigenvalue weighted by atomic mass is 79.9. The topological polar surface area (TPSA) is 32.3 Å². The molecule has 21 heavy (non-hydrogen) atoms. The molecule has 1 heterocycles. The van der Waals surface area contributed by atoms with Crippen LogP contribution in [0.3, 0.4) is 0 Å². The maximum Gasteiger partial charge on any atom is 0.225 e. The molecule has 1 amide bonds. The molecule has 0 spiro atoms. The number of halogens is 1. The van der Waals surface area contributed by atoms with E-state index in [0.29, 0.717) is 12.5 Å². The van der Waals surface area contributed by atoms with Crippen LogP contribution in [0.25, 0.3) is 0 Å². The molecule has 0 bridgehead atoms. The van der Waals surface area contributed by atoms with Crippen LogP contribution in [0.2, 0.25) is 0 Å². The van der Waals surface area contributed by atoms with Crippen LogP contribution in [0, 0.1) is 6.92 Å². The van der Waals surface area contributed by atoms with Crippen molar-refractivity contribution in [2.45, 2.75) is 52.0 Å². The molecule has 2 rings (SSSR count). The predicted molar refractivity (Wildman–Crippen MR) is 91.6 cm³/mol. The van der Waals surface area contributed by atoms with Gasteiger partial charge in [0.05, 0.1) is 5.69 Å². The van der Waals surface area contributed by atoms with Crippen LogP contribution in [0.15, 0.2) is 22.7 Å². The lowest BCUT2D eigenvalue weighted by Crippen LogP contribution is -2.40. The SMILES string of the molecule is CCC1CCCCN1CCC(=O)Nc1ccc(C)cc1Br. The Balaban J connectivity index is 1.84. The Hall–Kier alpha value is -0.870. The molecule has 116 valence electrons. The summed E-state index contributed by atoms with van der Waals surface area (Å²) in [5.41, 5.74) is 2.04. The van der Waals surface area contributed by atoms with Crippen molar-refractivity contribution >= 4 is 27.5 Å². The largest absolute Gasteiger partial charge is 0.325 e. The van der Waals surface area contributed by atoms with Crippen molar-refractivity contribution in [3.8, 4) is 0 Å². The van der Waals surface area contributed by atoms with Crippen molar-refractivity contribution in [1.29, 1.82) is 0 Å². The first-order chi connectivity index (χ1) is 10.1. The molecule has 0 saturated carbocycles. The second-order valence-corrected chi connectivity index (χ2v) is 6.73.